The molecule has 4 N–H and O–H groups in total. The van der Waals surface area contributed by atoms with Crippen molar-refractivity contribution in [1.82, 2.24) is 0 Å². The number of anilines is 1. The lowest BCUT2D eigenvalue weighted by molar-refractivity contribution is 0.100. The largest absolute Gasteiger partial charge is 0.393 e. The molecule has 1 saturated carbocycles. The summed E-state index contributed by atoms with van der Waals surface area (Å²) in [4.78, 5) is 11.8. The Hall–Kier alpha value is -1.99. The number of amides is 1. The number of hydrogen-bond acceptors (Lipinski definition) is 3. The van der Waals surface area contributed by atoms with Gasteiger partial charge in [0.1, 0.15) is 0 Å². The van der Waals surface area contributed by atoms with Gasteiger partial charge in [-0.15, -0.1) is 0 Å². The fourth-order valence-corrected chi connectivity index (χ4v) is 2.65. The summed E-state index contributed by atoms with van der Waals surface area (Å²) in [6.07, 6.45) is 3.17. The fourth-order valence-electron chi connectivity index (χ4n) is 2.65. The van der Waals surface area contributed by atoms with E-state index in [0.717, 1.165) is 36.9 Å². The number of primary amides is 1. The van der Waals surface area contributed by atoms with Crippen LogP contribution in [0.3, 0.4) is 0 Å². The first-order chi connectivity index (χ1) is 10.7. The van der Waals surface area contributed by atoms with E-state index in [2.05, 4.69) is 17.2 Å². The number of rotatable bonds is 3. The molecular formula is C19H26N2O2. The first kappa shape index (κ1) is 17.4. The molecule has 4 heteroatoms. The second-order valence-electron chi connectivity index (χ2n) is 7.27. The van der Waals surface area contributed by atoms with Crippen LogP contribution in [-0.4, -0.2) is 23.2 Å². The van der Waals surface area contributed by atoms with Gasteiger partial charge in [0.15, 0.2) is 0 Å². The number of aliphatic hydroxyl groups is 1. The van der Waals surface area contributed by atoms with Crippen molar-refractivity contribution in [2.75, 3.05) is 5.32 Å². The Morgan fingerprint density at radius 1 is 1.26 bits per heavy atom. The van der Waals surface area contributed by atoms with Gasteiger partial charge in [-0.3, -0.25) is 4.79 Å². The molecule has 0 aliphatic heterocycles. The predicted molar refractivity (Wildman–Crippen MR) is 93.2 cm³/mol. The van der Waals surface area contributed by atoms with Crippen LogP contribution >= 0.6 is 0 Å². The molecule has 0 heterocycles. The van der Waals surface area contributed by atoms with Crippen LogP contribution < -0.4 is 11.1 Å². The van der Waals surface area contributed by atoms with E-state index in [1.165, 1.54) is 0 Å². The number of nitrogens with one attached hydrogen (secondary N) is 1. The van der Waals surface area contributed by atoms with Crippen LogP contribution in [0.25, 0.3) is 0 Å². The van der Waals surface area contributed by atoms with Gasteiger partial charge in [0.05, 0.1) is 11.7 Å². The van der Waals surface area contributed by atoms with Gasteiger partial charge >= 0.3 is 0 Å². The summed E-state index contributed by atoms with van der Waals surface area (Å²) >= 11 is 0. The summed E-state index contributed by atoms with van der Waals surface area (Å²) in [6, 6.07) is 5.80. The Bertz CT molecular complexity index is 627. The second-order valence-corrected chi connectivity index (χ2v) is 7.27. The van der Waals surface area contributed by atoms with Crippen molar-refractivity contribution in [3.8, 4) is 11.8 Å². The lowest BCUT2D eigenvalue weighted by atomic mass is 9.92. The third-order valence-corrected chi connectivity index (χ3v) is 3.92. The normalized spacial score (nSPS) is 21.2. The van der Waals surface area contributed by atoms with Crippen LogP contribution in [0.4, 0.5) is 5.69 Å². The van der Waals surface area contributed by atoms with Crippen molar-refractivity contribution >= 4 is 11.6 Å². The lowest BCUT2D eigenvalue weighted by Crippen LogP contribution is -2.29. The van der Waals surface area contributed by atoms with Crippen molar-refractivity contribution in [1.29, 1.82) is 0 Å². The van der Waals surface area contributed by atoms with Crippen LogP contribution in [0, 0.1) is 17.3 Å². The van der Waals surface area contributed by atoms with E-state index in [0.29, 0.717) is 5.56 Å². The Morgan fingerprint density at radius 3 is 2.48 bits per heavy atom. The van der Waals surface area contributed by atoms with Gasteiger partial charge in [0.2, 0.25) is 0 Å². The quantitative estimate of drug-likeness (QED) is 0.751. The molecule has 0 spiro atoms. The van der Waals surface area contributed by atoms with E-state index in [4.69, 9.17) is 5.73 Å². The Balaban J connectivity index is 2.19. The van der Waals surface area contributed by atoms with Crippen LogP contribution in [0.5, 0.6) is 0 Å². The van der Waals surface area contributed by atoms with Gasteiger partial charge in [0.25, 0.3) is 5.91 Å². The summed E-state index contributed by atoms with van der Waals surface area (Å²) in [6.45, 7) is 6.13. The highest BCUT2D eigenvalue weighted by Gasteiger charge is 2.20. The van der Waals surface area contributed by atoms with Crippen LogP contribution in [0.1, 0.15) is 62.4 Å². The standard InChI is InChI=1S/C19H26N2O2/c1-19(2,3)11-10-13-4-9-17(16(12-13)18(20)23)21-14-5-7-15(22)8-6-14/h4,9,12,14-15,21-22H,5-8H2,1-3H3,(H2,20,23). The molecule has 23 heavy (non-hydrogen) atoms. The van der Waals surface area contributed by atoms with Crippen molar-refractivity contribution in [2.24, 2.45) is 11.1 Å². The minimum atomic E-state index is -0.456. The summed E-state index contributed by atoms with van der Waals surface area (Å²) in [5.74, 6) is 5.80. The Kier molecular flexibility index (Phi) is 5.33. The number of aliphatic hydroxyl groups excluding tert-OH is 1. The highest BCUT2D eigenvalue weighted by Crippen LogP contribution is 2.25. The van der Waals surface area contributed by atoms with Crippen molar-refractivity contribution in [2.45, 2.75) is 58.6 Å². The zero-order valence-electron chi connectivity index (χ0n) is 14.1. The van der Waals surface area contributed by atoms with E-state index >= 15 is 0 Å². The van der Waals surface area contributed by atoms with Gasteiger partial charge in [-0.05, 0) is 64.7 Å². The van der Waals surface area contributed by atoms with Crippen LogP contribution in [0.15, 0.2) is 18.2 Å². The highest BCUT2D eigenvalue weighted by molar-refractivity contribution is 5.99. The summed E-state index contributed by atoms with van der Waals surface area (Å²) in [7, 11) is 0. The molecule has 0 bridgehead atoms. The van der Waals surface area contributed by atoms with Gasteiger partial charge < -0.3 is 16.2 Å². The van der Waals surface area contributed by atoms with Crippen molar-refractivity contribution in [3.63, 3.8) is 0 Å². The van der Waals surface area contributed by atoms with Gasteiger partial charge in [-0.25, -0.2) is 0 Å². The molecule has 1 fully saturated rings. The first-order valence-electron chi connectivity index (χ1n) is 8.16. The number of carbonyl (C=O) groups excluding carboxylic acids is 1. The average molecular weight is 314 g/mol. The minimum absolute atomic E-state index is 0.0905. The summed E-state index contributed by atoms with van der Waals surface area (Å²) in [5, 5.41) is 13.0. The molecule has 1 aromatic rings. The van der Waals surface area contributed by atoms with E-state index in [-0.39, 0.29) is 17.6 Å². The topological polar surface area (TPSA) is 75.3 Å². The highest BCUT2D eigenvalue weighted by atomic mass is 16.3. The molecule has 4 nitrogen and oxygen atoms in total. The molecular weight excluding hydrogens is 288 g/mol. The van der Waals surface area contributed by atoms with E-state index < -0.39 is 5.91 Å². The zero-order chi connectivity index (χ0) is 17.0. The maximum atomic E-state index is 11.8. The molecule has 1 amide bonds. The second kappa shape index (κ2) is 7.06. The molecule has 0 unspecified atom stereocenters. The number of carbonyl (C=O) groups is 1. The predicted octanol–water partition coefficient (Wildman–Crippen LogP) is 2.90. The first-order valence-corrected chi connectivity index (χ1v) is 8.16. The number of nitrogens with two attached hydrogens (primary N) is 1. The molecule has 1 aromatic carbocycles. The maximum Gasteiger partial charge on any atom is 0.250 e. The van der Waals surface area contributed by atoms with Gasteiger partial charge in [-0.2, -0.15) is 0 Å². The fraction of sp³-hybridized carbons (Fsp3) is 0.526. The molecule has 1 aliphatic carbocycles. The SMILES string of the molecule is CC(C)(C)C#Cc1ccc(NC2CCC(O)CC2)c(C(N)=O)c1. The molecule has 0 atom stereocenters. The third kappa shape index (κ3) is 5.30. The number of hydrogen-bond donors (Lipinski definition) is 3. The third-order valence-electron chi connectivity index (χ3n) is 3.92. The average Bonchev–Trinajstić information content (AvgIpc) is 2.47. The van der Waals surface area contributed by atoms with E-state index in [9.17, 15) is 9.90 Å². The van der Waals surface area contributed by atoms with Gasteiger partial charge in [0, 0.05) is 22.7 Å². The smallest absolute Gasteiger partial charge is 0.250 e. The summed E-state index contributed by atoms with van der Waals surface area (Å²) < 4.78 is 0. The molecule has 0 radical (unpaired) electrons. The minimum Gasteiger partial charge on any atom is -0.393 e. The Labute approximate surface area is 138 Å². The number of benzene rings is 1. The zero-order valence-corrected chi connectivity index (χ0v) is 14.1. The van der Waals surface area contributed by atoms with Crippen molar-refractivity contribution < 1.29 is 9.90 Å². The Morgan fingerprint density at radius 2 is 1.91 bits per heavy atom. The molecule has 2 rings (SSSR count). The molecule has 0 saturated heterocycles. The van der Waals surface area contributed by atoms with Crippen molar-refractivity contribution in [3.05, 3.63) is 29.3 Å². The lowest BCUT2D eigenvalue weighted by Gasteiger charge is -2.27. The summed E-state index contributed by atoms with van der Waals surface area (Å²) in [5.41, 5.74) is 7.44. The van der Waals surface area contributed by atoms with E-state index in [1.54, 1.807) is 6.07 Å². The maximum absolute atomic E-state index is 11.8. The molecule has 124 valence electrons. The molecule has 1 aliphatic rings. The van der Waals surface area contributed by atoms with Gasteiger partial charge in [-0.1, -0.05) is 11.8 Å². The van der Waals surface area contributed by atoms with Crippen LogP contribution in [-0.2, 0) is 0 Å². The van der Waals surface area contributed by atoms with Crippen LogP contribution in [0.2, 0.25) is 0 Å². The van der Waals surface area contributed by atoms with E-state index in [1.807, 2.05) is 32.9 Å². The monoisotopic (exact) mass is 314 g/mol. The molecule has 0 aromatic heterocycles.